The Bertz CT molecular complexity index is 1270. The summed E-state index contributed by atoms with van der Waals surface area (Å²) in [6.07, 6.45) is 1.93. The van der Waals surface area contributed by atoms with Crippen molar-refractivity contribution < 1.29 is 14.4 Å². The summed E-state index contributed by atoms with van der Waals surface area (Å²) in [5.41, 5.74) is 4.15. The molecule has 3 aromatic carbocycles. The van der Waals surface area contributed by atoms with E-state index in [2.05, 4.69) is 17.4 Å². The number of imide groups is 1. The van der Waals surface area contributed by atoms with Gasteiger partial charge >= 0.3 is 0 Å². The number of nitrogens with one attached hydrogen (secondary N) is 1. The summed E-state index contributed by atoms with van der Waals surface area (Å²) in [5.74, 6) is 0.000479. The Labute approximate surface area is 198 Å². The van der Waals surface area contributed by atoms with Gasteiger partial charge in [0.05, 0.1) is 17.5 Å². The van der Waals surface area contributed by atoms with Crippen molar-refractivity contribution in [1.29, 1.82) is 0 Å². The van der Waals surface area contributed by atoms with Crippen molar-refractivity contribution in [3.63, 3.8) is 0 Å². The number of aryl methyl sites for hydroxylation is 1. The number of hydrogen-bond acceptors (Lipinski definition) is 3. The number of nitrogens with zero attached hydrogens (tertiary/aromatic N) is 1. The molecule has 3 aliphatic rings. The molecule has 170 valence electrons. The molecule has 34 heavy (non-hydrogen) atoms. The topological polar surface area (TPSA) is 66.5 Å². The van der Waals surface area contributed by atoms with Crippen molar-refractivity contribution in [2.75, 3.05) is 10.2 Å². The summed E-state index contributed by atoms with van der Waals surface area (Å²) in [6.45, 7) is 1.99. The van der Waals surface area contributed by atoms with Gasteiger partial charge in [0.2, 0.25) is 11.8 Å². The van der Waals surface area contributed by atoms with Crippen LogP contribution in [0.25, 0.3) is 0 Å². The number of carbonyl (C=O) groups is 3. The molecule has 1 N–H and O–H groups in total. The van der Waals surface area contributed by atoms with E-state index in [0.29, 0.717) is 17.2 Å². The molecule has 5 nitrogen and oxygen atoms in total. The SMILES string of the molecule is Cc1ccc(NC(=O)c2ccc(N3C(=O)[C@@H]4[C@@H]5C[C@@H]([C@H]4C3=O)[C@H](c3ccccc3)C5)cc2)cc1. The Morgan fingerprint density at radius 2 is 1.50 bits per heavy atom. The standard InChI is InChI=1S/C29H26N2O3/c1-17-7-11-21(12-8-17)30-27(32)19-9-13-22(14-10-19)31-28(33)25-20-15-23(18-5-3-2-4-6-18)24(16-20)26(25)29(31)34/h2-14,20,23-26H,15-16H2,1H3,(H,30,32)/t20-,23-,24+,25+,26+/m0/s1. The van der Waals surface area contributed by atoms with Gasteiger partial charge in [0.1, 0.15) is 0 Å². The molecular formula is C29H26N2O3. The summed E-state index contributed by atoms with van der Waals surface area (Å²) in [4.78, 5) is 40.8. The van der Waals surface area contributed by atoms with Crippen LogP contribution < -0.4 is 10.2 Å². The van der Waals surface area contributed by atoms with Crippen LogP contribution >= 0.6 is 0 Å². The van der Waals surface area contributed by atoms with Crippen LogP contribution in [0.4, 0.5) is 11.4 Å². The van der Waals surface area contributed by atoms with E-state index in [0.717, 1.165) is 24.1 Å². The van der Waals surface area contributed by atoms with E-state index in [1.54, 1.807) is 24.3 Å². The molecule has 1 aliphatic heterocycles. The lowest BCUT2D eigenvalue weighted by Crippen LogP contribution is -2.33. The summed E-state index contributed by atoms with van der Waals surface area (Å²) in [7, 11) is 0. The lowest BCUT2D eigenvalue weighted by molar-refractivity contribution is -0.123. The number of amides is 3. The minimum absolute atomic E-state index is 0.0779. The van der Waals surface area contributed by atoms with Gasteiger partial charge in [0, 0.05) is 11.3 Å². The largest absolute Gasteiger partial charge is 0.322 e. The van der Waals surface area contributed by atoms with E-state index in [4.69, 9.17) is 0 Å². The molecule has 6 rings (SSSR count). The Kier molecular flexibility index (Phi) is 4.87. The molecule has 0 radical (unpaired) electrons. The van der Waals surface area contributed by atoms with Gasteiger partial charge in [0.15, 0.2) is 0 Å². The zero-order chi connectivity index (χ0) is 23.4. The summed E-state index contributed by atoms with van der Waals surface area (Å²) in [5, 5.41) is 2.88. The van der Waals surface area contributed by atoms with Gasteiger partial charge in [-0.3, -0.25) is 19.3 Å². The third kappa shape index (κ3) is 3.26. The highest BCUT2D eigenvalue weighted by molar-refractivity contribution is 6.22. The number of anilines is 2. The first-order valence-electron chi connectivity index (χ1n) is 11.9. The minimum Gasteiger partial charge on any atom is -0.322 e. The van der Waals surface area contributed by atoms with Crippen LogP contribution in [0.5, 0.6) is 0 Å². The van der Waals surface area contributed by atoms with E-state index < -0.39 is 0 Å². The average Bonchev–Trinajstić information content (AvgIpc) is 3.52. The molecule has 2 saturated carbocycles. The fraction of sp³-hybridized carbons (Fsp3) is 0.276. The predicted molar refractivity (Wildman–Crippen MR) is 130 cm³/mol. The molecule has 0 aromatic heterocycles. The monoisotopic (exact) mass is 450 g/mol. The van der Waals surface area contributed by atoms with Gasteiger partial charge in [-0.2, -0.15) is 0 Å². The van der Waals surface area contributed by atoms with E-state index in [1.807, 2.05) is 49.4 Å². The van der Waals surface area contributed by atoms with Gasteiger partial charge in [0.25, 0.3) is 5.91 Å². The van der Waals surface area contributed by atoms with Gasteiger partial charge < -0.3 is 5.32 Å². The van der Waals surface area contributed by atoms with E-state index in [9.17, 15) is 14.4 Å². The van der Waals surface area contributed by atoms with Crippen LogP contribution in [-0.4, -0.2) is 17.7 Å². The number of hydrogen-bond donors (Lipinski definition) is 1. The Morgan fingerprint density at radius 3 is 2.21 bits per heavy atom. The van der Waals surface area contributed by atoms with Crippen molar-refractivity contribution >= 4 is 29.1 Å². The second-order valence-electron chi connectivity index (χ2n) is 9.84. The maximum Gasteiger partial charge on any atom is 0.255 e. The molecule has 5 heteroatoms. The lowest BCUT2D eigenvalue weighted by Gasteiger charge is -2.28. The molecule has 2 aliphatic carbocycles. The fourth-order valence-corrected chi connectivity index (χ4v) is 6.40. The Hall–Kier alpha value is -3.73. The van der Waals surface area contributed by atoms with Crippen LogP contribution in [0.3, 0.4) is 0 Å². The second kappa shape index (κ2) is 7.94. The Morgan fingerprint density at radius 1 is 0.824 bits per heavy atom. The minimum atomic E-state index is -0.235. The van der Waals surface area contributed by atoms with Crippen molar-refractivity contribution in [3.05, 3.63) is 95.6 Å². The lowest BCUT2D eigenvalue weighted by atomic mass is 9.73. The van der Waals surface area contributed by atoms with Gasteiger partial charge in [-0.15, -0.1) is 0 Å². The maximum absolute atomic E-state index is 13.5. The maximum atomic E-state index is 13.5. The molecule has 3 aromatic rings. The van der Waals surface area contributed by atoms with Crippen LogP contribution in [0, 0.1) is 30.6 Å². The first-order chi connectivity index (χ1) is 16.5. The van der Waals surface area contributed by atoms with Gasteiger partial charge in [-0.25, -0.2) is 0 Å². The zero-order valence-electron chi connectivity index (χ0n) is 19.0. The third-order valence-corrected chi connectivity index (χ3v) is 7.94. The molecule has 0 spiro atoms. The highest BCUT2D eigenvalue weighted by Crippen LogP contribution is 2.61. The zero-order valence-corrected chi connectivity index (χ0v) is 19.0. The van der Waals surface area contributed by atoms with E-state index in [1.165, 1.54) is 10.5 Å². The van der Waals surface area contributed by atoms with E-state index >= 15 is 0 Å². The molecular weight excluding hydrogens is 424 g/mol. The number of fused-ring (bicyclic) bond motifs is 5. The normalized spacial score (nSPS) is 27.2. The molecule has 3 amide bonds. The molecule has 1 saturated heterocycles. The molecule has 5 atom stereocenters. The third-order valence-electron chi connectivity index (χ3n) is 7.94. The first kappa shape index (κ1) is 20.8. The summed E-state index contributed by atoms with van der Waals surface area (Å²) >= 11 is 0. The quantitative estimate of drug-likeness (QED) is 0.557. The van der Waals surface area contributed by atoms with E-state index in [-0.39, 0.29) is 41.4 Å². The summed E-state index contributed by atoms with van der Waals surface area (Å²) in [6, 6.07) is 24.7. The highest BCUT2D eigenvalue weighted by Gasteiger charge is 2.64. The number of rotatable bonds is 4. The number of benzene rings is 3. The van der Waals surface area contributed by atoms with Crippen LogP contribution in [0.15, 0.2) is 78.9 Å². The highest BCUT2D eigenvalue weighted by atomic mass is 16.2. The predicted octanol–water partition coefficient (Wildman–Crippen LogP) is 5.18. The van der Waals surface area contributed by atoms with Crippen LogP contribution in [0.1, 0.15) is 40.2 Å². The van der Waals surface area contributed by atoms with Crippen molar-refractivity contribution in [3.8, 4) is 0 Å². The van der Waals surface area contributed by atoms with Crippen molar-refractivity contribution in [2.24, 2.45) is 23.7 Å². The summed E-state index contributed by atoms with van der Waals surface area (Å²) < 4.78 is 0. The van der Waals surface area contributed by atoms with Crippen molar-refractivity contribution in [2.45, 2.75) is 25.7 Å². The molecule has 3 fully saturated rings. The van der Waals surface area contributed by atoms with Crippen LogP contribution in [0.2, 0.25) is 0 Å². The van der Waals surface area contributed by atoms with Crippen LogP contribution in [-0.2, 0) is 9.59 Å². The van der Waals surface area contributed by atoms with Crippen molar-refractivity contribution in [1.82, 2.24) is 0 Å². The molecule has 1 heterocycles. The second-order valence-corrected chi connectivity index (χ2v) is 9.84. The van der Waals surface area contributed by atoms with Gasteiger partial charge in [-0.1, -0.05) is 48.0 Å². The Balaban J connectivity index is 1.20. The first-order valence-corrected chi connectivity index (χ1v) is 11.9. The average molecular weight is 451 g/mol. The molecule has 2 bridgehead atoms. The fourth-order valence-electron chi connectivity index (χ4n) is 6.40. The smallest absolute Gasteiger partial charge is 0.255 e. The molecule has 0 unspecified atom stereocenters. The van der Waals surface area contributed by atoms with Gasteiger partial charge in [-0.05, 0) is 79.5 Å². The number of carbonyl (C=O) groups excluding carboxylic acids is 3.